The van der Waals surface area contributed by atoms with E-state index in [4.69, 9.17) is 10.5 Å². The van der Waals surface area contributed by atoms with Gasteiger partial charge in [-0.05, 0) is 59.3 Å². The van der Waals surface area contributed by atoms with E-state index in [2.05, 4.69) is 20.8 Å². The molecular weight excluding hydrogens is 363 g/mol. The number of carbonyl (C=O) groups excluding carboxylic acids is 1. The lowest BCUT2D eigenvalue weighted by Crippen LogP contribution is -2.29. The van der Waals surface area contributed by atoms with E-state index in [1.165, 1.54) is 16.8 Å². The summed E-state index contributed by atoms with van der Waals surface area (Å²) in [6, 6.07) is 12.3. The zero-order valence-electron chi connectivity index (χ0n) is 15.4. The van der Waals surface area contributed by atoms with Crippen molar-refractivity contribution >= 4 is 11.6 Å². The number of nitrogens with zero attached hydrogens (tertiary/aromatic N) is 4. The molecule has 1 unspecified atom stereocenters. The minimum absolute atomic E-state index is 0.243. The molecular formula is C19H21FN6O2. The van der Waals surface area contributed by atoms with Crippen molar-refractivity contribution < 1.29 is 13.9 Å². The molecule has 9 heteroatoms. The van der Waals surface area contributed by atoms with Gasteiger partial charge in [-0.1, -0.05) is 12.1 Å². The number of halogens is 1. The van der Waals surface area contributed by atoms with Crippen molar-refractivity contribution in [1.82, 2.24) is 20.2 Å². The molecule has 8 nitrogen and oxygen atoms in total. The maximum atomic E-state index is 13.5. The van der Waals surface area contributed by atoms with E-state index in [1.54, 1.807) is 43.3 Å². The summed E-state index contributed by atoms with van der Waals surface area (Å²) in [5, 5.41) is 14.2. The number of hydrogen-bond donors (Lipinski definition) is 2. The number of aryl methyl sites for hydroxylation is 1. The fourth-order valence-corrected chi connectivity index (χ4v) is 2.74. The summed E-state index contributed by atoms with van der Waals surface area (Å²) < 4.78 is 20.4. The van der Waals surface area contributed by atoms with Crippen LogP contribution in [0.4, 0.5) is 10.1 Å². The van der Waals surface area contributed by atoms with Gasteiger partial charge in [0.2, 0.25) is 5.91 Å². The van der Waals surface area contributed by atoms with Crippen LogP contribution in [0.15, 0.2) is 48.5 Å². The molecule has 1 aromatic heterocycles. The van der Waals surface area contributed by atoms with Crippen LogP contribution in [0.3, 0.4) is 0 Å². The van der Waals surface area contributed by atoms with Gasteiger partial charge in [0.15, 0.2) is 0 Å². The molecule has 0 fully saturated rings. The second-order valence-corrected chi connectivity index (χ2v) is 6.17. The summed E-state index contributed by atoms with van der Waals surface area (Å²) in [6.07, 6.45) is 0.243. The van der Waals surface area contributed by atoms with E-state index in [0.29, 0.717) is 36.0 Å². The number of rotatable bonds is 8. The first-order valence-corrected chi connectivity index (χ1v) is 8.79. The molecule has 0 aliphatic heterocycles. The van der Waals surface area contributed by atoms with E-state index >= 15 is 0 Å². The summed E-state index contributed by atoms with van der Waals surface area (Å²) in [6.45, 7) is 2.54. The molecule has 0 radical (unpaired) electrons. The van der Waals surface area contributed by atoms with Crippen LogP contribution in [0, 0.1) is 12.7 Å². The predicted octanol–water partition coefficient (Wildman–Crippen LogP) is 1.88. The van der Waals surface area contributed by atoms with Crippen LogP contribution in [0.1, 0.15) is 17.4 Å². The van der Waals surface area contributed by atoms with Gasteiger partial charge in [-0.3, -0.25) is 4.79 Å². The first-order chi connectivity index (χ1) is 13.6. The largest absolute Gasteiger partial charge is 0.492 e. The number of anilines is 1. The second-order valence-electron chi connectivity index (χ2n) is 6.17. The van der Waals surface area contributed by atoms with Crippen molar-refractivity contribution in [2.45, 2.75) is 19.4 Å². The van der Waals surface area contributed by atoms with Crippen LogP contribution >= 0.6 is 0 Å². The van der Waals surface area contributed by atoms with Gasteiger partial charge in [-0.15, -0.1) is 5.10 Å². The van der Waals surface area contributed by atoms with Crippen molar-refractivity contribution in [2.75, 3.05) is 18.5 Å². The van der Waals surface area contributed by atoms with Crippen LogP contribution in [-0.4, -0.2) is 39.3 Å². The van der Waals surface area contributed by atoms with E-state index in [9.17, 15) is 9.18 Å². The SMILES string of the molecule is Cc1nnnn1C(Cc1cccc(F)c1)C(=O)Nc1ccc(OCCN)cc1. The Balaban J connectivity index is 1.77. The van der Waals surface area contributed by atoms with Gasteiger partial charge in [0, 0.05) is 18.7 Å². The van der Waals surface area contributed by atoms with Crippen molar-refractivity contribution in [3.63, 3.8) is 0 Å². The molecule has 146 valence electrons. The number of tetrazole rings is 1. The third kappa shape index (κ3) is 4.89. The first kappa shape index (κ1) is 19.4. The lowest BCUT2D eigenvalue weighted by Gasteiger charge is -2.18. The minimum Gasteiger partial charge on any atom is -0.492 e. The van der Waals surface area contributed by atoms with E-state index in [0.717, 1.165) is 0 Å². The summed E-state index contributed by atoms with van der Waals surface area (Å²) in [5.41, 5.74) is 6.68. The molecule has 2 aromatic carbocycles. The van der Waals surface area contributed by atoms with Crippen molar-refractivity contribution in [2.24, 2.45) is 5.73 Å². The third-order valence-electron chi connectivity index (χ3n) is 4.08. The monoisotopic (exact) mass is 384 g/mol. The number of amides is 1. The molecule has 1 amide bonds. The van der Waals surface area contributed by atoms with Crippen LogP contribution in [-0.2, 0) is 11.2 Å². The normalized spacial score (nSPS) is 11.8. The van der Waals surface area contributed by atoms with Gasteiger partial charge in [-0.2, -0.15) is 0 Å². The maximum Gasteiger partial charge on any atom is 0.249 e. The van der Waals surface area contributed by atoms with Crippen LogP contribution < -0.4 is 15.8 Å². The maximum absolute atomic E-state index is 13.5. The molecule has 0 saturated heterocycles. The molecule has 28 heavy (non-hydrogen) atoms. The Bertz CT molecular complexity index is 928. The van der Waals surface area contributed by atoms with E-state index in [1.807, 2.05) is 0 Å². The Labute approximate surface area is 161 Å². The highest BCUT2D eigenvalue weighted by Gasteiger charge is 2.24. The van der Waals surface area contributed by atoms with E-state index in [-0.39, 0.29) is 18.1 Å². The molecule has 0 aliphatic carbocycles. The topological polar surface area (TPSA) is 108 Å². The highest BCUT2D eigenvalue weighted by molar-refractivity contribution is 5.93. The third-order valence-corrected chi connectivity index (χ3v) is 4.08. The van der Waals surface area contributed by atoms with E-state index < -0.39 is 6.04 Å². The molecule has 3 rings (SSSR count). The van der Waals surface area contributed by atoms with Crippen LogP contribution in [0.2, 0.25) is 0 Å². The molecule has 1 heterocycles. The summed E-state index contributed by atoms with van der Waals surface area (Å²) in [7, 11) is 0. The molecule has 3 N–H and O–H groups in total. The highest BCUT2D eigenvalue weighted by Crippen LogP contribution is 2.20. The fourth-order valence-electron chi connectivity index (χ4n) is 2.74. The number of carbonyl (C=O) groups is 1. The summed E-state index contributed by atoms with van der Waals surface area (Å²) >= 11 is 0. The van der Waals surface area contributed by atoms with Crippen molar-refractivity contribution in [3.8, 4) is 5.75 Å². The van der Waals surface area contributed by atoms with Crippen LogP contribution in [0.25, 0.3) is 0 Å². The average molecular weight is 384 g/mol. The number of hydrogen-bond acceptors (Lipinski definition) is 6. The Hall–Kier alpha value is -3.33. The zero-order chi connectivity index (χ0) is 19.9. The number of ether oxygens (including phenoxy) is 1. The fraction of sp³-hybridized carbons (Fsp3) is 0.263. The Morgan fingerprint density at radius 1 is 1.29 bits per heavy atom. The molecule has 0 aliphatic rings. The number of benzene rings is 2. The zero-order valence-corrected chi connectivity index (χ0v) is 15.4. The van der Waals surface area contributed by atoms with Crippen LogP contribution in [0.5, 0.6) is 5.75 Å². The predicted molar refractivity (Wildman–Crippen MR) is 101 cm³/mol. The van der Waals surface area contributed by atoms with Gasteiger partial charge in [0.25, 0.3) is 0 Å². The minimum atomic E-state index is -0.732. The standard InChI is InChI=1S/C19H21FN6O2/c1-13-23-24-25-26(13)18(12-14-3-2-4-15(20)11-14)19(27)22-16-5-7-17(8-6-16)28-10-9-21/h2-8,11,18H,9-10,12,21H2,1H3,(H,22,27). The quantitative estimate of drug-likeness (QED) is 0.614. The average Bonchev–Trinajstić information content (AvgIpc) is 3.11. The highest BCUT2D eigenvalue weighted by atomic mass is 19.1. The van der Waals surface area contributed by atoms with Gasteiger partial charge in [-0.25, -0.2) is 9.07 Å². The first-order valence-electron chi connectivity index (χ1n) is 8.79. The molecule has 3 aromatic rings. The van der Waals surface area contributed by atoms with Crippen molar-refractivity contribution in [1.29, 1.82) is 0 Å². The smallest absolute Gasteiger partial charge is 0.249 e. The number of aromatic nitrogens is 4. The molecule has 0 bridgehead atoms. The van der Waals surface area contributed by atoms with Gasteiger partial charge >= 0.3 is 0 Å². The molecule has 1 atom stereocenters. The second kappa shape index (κ2) is 9.05. The van der Waals surface area contributed by atoms with Gasteiger partial charge < -0.3 is 15.8 Å². The Kier molecular flexibility index (Phi) is 6.28. The molecule has 0 saturated carbocycles. The van der Waals surface area contributed by atoms with Crippen molar-refractivity contribution in [3.05, 3.63) is 65.7 Å². The number of nitrogens with one attached hydrogen (secondary N) is 1. The summed E-state index contributed by atoms with van der Waals surface area (Å²) in [5.74, 6) is 0.478. The Morgan fingerprint density at radius 3 is 2.71 bits per heavy atom. The van der Waals surface area contributed by atoms with Gasteiger partial charge in [0.1, 0.15) is 30.0 Å². The lowest BCUT2D eigenvalue weighted by atomic mass is 10.0. The van der Waals surface area contributed by atoms with Gasteiger partial charge in [0.05, 0.1) is 0 Å². The Morgan fingerprint density at radius 2 is 2.07 bits per heavy atom. The lowest BCUT2D eigenvalue weighted by molar-refractivity contribution is -0.119. The molecule has 0 spiro atoms. The summed E-state index contributed by atoms with van der Waals surface area (Å²) in [4.78, 5) is 12.9. The number of nitrogens with two attached hydrogens (primary N) is 1.